The van der Waals surface area contributed by atoms with Gasteiger partial charge in [-0.25, -0.2) is 0 Å². The van der Waals surface area contributed by atoms with Gasteiger partial charge in [-0.05, 0) is 47.9 Å². The third-order valence-electron chi connectivity index (χ3n) is 3.10. The first-order valence-corrected chi connectivity index (χ1v) is 8.01. The van der Waals surface area contributed by atoms with Crippen molar-refractivity contribution in [1.82, 2.24) is 0 Å². The van der Waals surface area contributed by atoms with Crippen molar-refractivity contribution in [2.24, 2.45) is 0 Å². The third kappa shape index (κ3) is 3.76. The standard InChI is InChI=1S/C16H18O4S/c1-12(2)13-4-10-16(11-5-13)21(17,18)20-15-8-6-14(19-3)7-9-15/h4-12H,1-3H3. The summed E-state index contributed by atoms with van der Waals surface area (Å²) in [6, 6.07) is 13.1. The zero-order valence-corrected chi connectivity index (χ0v) is 13.1. The molecule has 2 rings (SSSR count). The second-order valence-electron chi connectivity index (χ2n) is 4.94. The lowest BCUT2D eigenvalue weighted by atomic mass is 10.0. The molecule has 0 saturated carbocycles. The Balaban J connectivity index is 2.20. The molecule has 2 aromatic carbocycles. The highest BCUT2D eigenvalue weighted by Crippen LogP contribution is 2.23. The van der Waals surface area contributed by atoms with Gasteiger partial charge >= 0.3 is 10.1 Å². The van der Waals surface area contributed by atoms with E-state index in [4.69, 9.17) is 8.92 Å². The van der Waals surface area contributed by atoms with Crippen LogP contribution in [0.2, 0.25) is 0 Å². The van der Waals surface area contributed by atoms with Crippen LogP contribution in [0.1, 0.15) is 25.3 Å². The average molecular weight is 306 g/mol. The molecule has 0 atom stereocenters. The van der Waals surface area contributed by atoms with E-state index in [0.717, 1.165) is 5.56 Å². The lowest BCUT2D eigenvalue weighted by Gasteiger charge is -2.09. The highest BCUT2D eigenvalue weighted by atomic mass is 32.2. The Kier molecular flexibility index (Phi) is 4.53. The molecule has 0 bridgehead atoms. The zero-order valence-electron chi connectivity index (χ0n) is 12.2. The van der Waals surface area contributed by atoms with E-state index >= 15 is 0 Å². The molecular formula is C16H18O4S. The first kappa shape index (κ1) is 15.4. The minimum atomic E-state index is -3.82. The molecule has 0 amide bonds. The molecule has 0 aliphatic heterocycles. The predicted molar refractivity (Wildman–Crippen MR) is 81.3 cm³/mol. The van der Waals surface area contributed by atoms with Gasteiger partial charge in [-0.1, -0.05) is 26.0 Å². The summed E-state index contributed by atoms with van der Waals surface area (Å²) in [7, 11) is -2.27. The highest BCUT2D eigenvalue weighted by Gasteiger charge is 2.16. The first-order valence-electron chi connectivity index (χ1n) is 6.61. The normalized spacial score (nSPS) is 11.4. The van der Waals surface area contributed by atoms with Gasteiger partial charge in [0.25, 0.3) is 0 Å². The van der Waals surface area contributed by atoms with Crippen molar-refractivity contribution in [3.8, 4) is 11.5 Å². The van der Waals surface area contributed by atoms with Crippen LogP contribution >= 0.6 is 0 Å². The van der Waals surface area contributed by atoms with E-state index in [1.165, 1.54) is 0 Å². The maximum Gasteiger partial charge on any atom is 0.339 e. The second-order valence-corrected chi connectivity index (χ2v) is 6.48. The molecular weight excluding hydrogens is 288 g/mol. The van der Waals surface area contributed by atoms with Crippen molar-refractivity contribution >= 4 is 10.1 Å². The van der Waals surface area contributed by atoms with Gasteiger partial charge in [0.2, 0.25) is 0 Å². The molecule has 0 unspecified atom stereocenters. The van der Waals surface area contributed by atoms with Crippen LogP contribution in [-0.4, -0.2) is 15.5 Å². The van der Waals surface area contributed by atoms with Crippen LogP contribution in [-0.2, 0) is 10.1 Å². The van der Waals surface area contributed by atoms with Crippen molar-refractivity contribution in [2.45, 2.75) is 24.7 Å². The number of benzene rings is 2. The monoisotopic (exact) mass is 306 g/mol. The number of rotatable bonds is 5. The van der Waals surface area contributed by atoms with Crippen LogP contribution in [0.4, 0.5) is 0 Å². The number of hydrogen-bond acceptors (Lipinski definition) is 4. The van der Waals surface area contributed by atoms with E-state index in [9.17, 15) is 8.42 Å². The van der Waals surface area contributed by atoms with Crippen LogP contribution in [0.15, 0.2) is 53.4 Å². The average Bonchev–Trinajstić information content (AvgIpc) is 2.48. The quantitative estimate of drug-likeness (QED) is 0.792. The third-order valence-corrected chi connectivity index (χ3v) is 4.36. The molecule has 0 aliphatic carbocycles. The summed E-state index contributed by atoms with van der Waals surface area (Å²) in [5, 5.41) is 0. The smallest absolute Gasteiger partial charge is 0.339 e. The van der Waals surface area contributed by atoms with Crippen LogP contribution in [0.25, 0.3) is 0 Å². The molecule has 0 radical (unpaired) electrons. The molecule has 0 saturated heterocycles. The Morgan fingerprint density at radius 1 is 0.857 bits per heavy atom. The van der Waals surface area contributed by atoms with Gasteiger partial charge in [-0.2, -0.15) is 8.42 Å². The molecule has 0 N–H and O–H groups in total. The highest BCUT2D eigenvalue weighted by molar-refractivity contribution is 7.87. The lowest BCUT2D eigenvalue weighted by molar-refractivity contribution is 0.413. The summed E-state index contributed by atoms with van der Waals surface area (Å²) < 4.78 is 34.5. The second kappa shape index (κ2) is 6.18. The van der Waals surface area contributed by atoms with E-state index in [0.29, 0.717) is 11.7 Å². The van der Waals surface area contributed by atoms with Crippen molar-refractivity contribution in [2.75, 3.05) is 7.11 Å². The Labute approximate surface area is 125 Å². The molecule has 21 heavy (non-hydrogen) atoms. The molecule has 5 heteroatoms. The first-order chi connectivity index (χ1) is 9.92. The predicted octanol–water partition coefficient (Wildman–Crippen LogP) is 3.59. The summed E-state index contributed by atoms with van der Waals surface area (Å²) in [5.74, 6) is 1.24. The van der Waals surface area contributed by atoms with Gasteiger partial charge in [0.15, 0.2) is 0 Å². The minimum absolute atomic E-state index is 0.141. The van der Waals surface area contributed by atoms with Crippen LogP contribution in [0.5, 0.6) is 11.5 Å². The number of hydrogen-bond donors (Lipinski definition) is 0. The van der Waals surface area contributed by atoms with E-state index in [1.807, 2.05) is 0 Å². The van der Waals surface area contributed by atoms with Gasteiger partial charge in [-0.3, -0.25) is 0 Å². The Morgan fingerprint density at radius 3 is 1.86 bits per heavy atom. The van der Waals surface area contributed by atoms with Gasteiger partial charge in [0.05, 0.1) is 7.11 Å². The SMILES string of the molecule is COc1ccc(OS(=O)(=O)c2ccc(C(C)C)cc2)cc1. The summed E-state index contributed by atoms with van der Waals surface area (Å²) in [5.41, 5.74) is 1.08. The van der Waals surface area contributed by atoms with Crippen molar-refractivity contribution in [3.63, 3.8) is 0 Å². The fourth-order valence-corrected chi connectivity index (χ4v) is 2.76. The molecule has 0 aromatic heterocycles. The molecule has 4 nitrogen and oxygen atoms in total. The van der Waals surface area contributed by atoms with Crippen LogP contribution < -0.4 is 8.92 Å². The van der Waals surface area contributed by atoms with Crippen molar-refractivity contribution < 1.29 is 17.3 Å². The Hall–Kier alpha value is -2.01. The molecule has 2 aromatic rings. The lowest BCUT2D eigenvalue weighted by Crippen LogP contribution is -2.09. The van der Waals surface area contributed by atoms with Crippen LogP contribution in [0, 0.1) is 0 Å². The molecule has 0 fully saturated rings. The molecule has 112 valence electrons. The van der Waals surface area contributed by atoms with Crippen molar-refractivity contribution in [1.29, 1.82) is 0 Å². The summed E-state index contributed by atoms with van der Waals surface area (Å²) in [4.78, 5) is 0.141. The van der Waals surface area contributed by atoms with Gasteiger partial charge < -0.3 is 8.92 Å². The fourth-order valence-electron chi connectivity index (χ4n) is 1.83. The molecule has 0 aliphatic rings. The molecule has 0 heterocycles. The summed E-state index contributed by atoms with van der Waals surface area (Å²) in [6.07, 6.45) is 0. The van der Waals surface area contributed by atoms with Gasteiger partial charge in [0, 0.05) is 0 Å². The topological polar surface area (TPSA) is 52.6 Å². The summed E-state index contributed by atoms with van der Waals surface area (Å²) >= 11 is 0. The maximum atomic E-state index is 12.2. The van der Waals surface area contributed by atoms with E-state index < -0.39 is 10.1 Å². The van der Waals surface area contributed by atoms with Crippen molar-refractivity contribution in [3.05, 3.63) is 54.1 Å². The van der Waals surface area contributed by atoms with Gasteiger partial charge in [-0.15, -0.1) is 0 Å². The zero-order chi connectivity index (χ0) is 15.5. The fraction of sp³-hybridized carbons (Fsp3) is 0.250. The maximum absolute atomic E-state index is 12.2. The van der Waals surface area contributed by atoms with E-state index in [-0.39, 0.29) is 10.6 Å². The minimum Gasteiger partial charge on any atom is -0.497 e. The summed E-state index contributed by atoms with van der Waals surface area (Å²) in [6.45, 7) is 4.11. The van der Waals surface area contributed by atoms with Crippen LogP contribution in [0.3, 0.4) is 0 Å². The van der Waals surface area contributed by atoms with Gasteiger partial charge in [0.1, 0.15) is 16.4 Å². The van der Waals surface area contributed by atoms with E-state index in [2.05, 4.69) is 13.8 Å². The molecule has 0 spiro atoms. The Morgan fingerprint density at radius 2 is 1.38 bits per heavy atom. The van der Waals surface area contributed by atoms with E-state index in [1.54, 1.807) is 55.6 Å². The number of ether oxygens (including phenoxy) is 1. The number of methoxy groups -OCH3 is 1. The largest absolute Gasteiger partial charge is 0.497 e. The Bertz CT molecular complexity index is 686.